The number of aliphatic hydroxyl groups excluding tert-OH is 1. The van der Waals surface area contributed by atoms with Crippen LogP contribution in [0.3, 0.4) is 0 Å². The van der Waals surface area contributed by atoms with Gasteiger partial charge in [0.15, 0.2) is 6.10 Å². The molecule has 0 saturated carbocycles. The summed E-state index contributed by atoms with van der Waals surface area (Å²) in [5.74, 6) is -0.958. The van der Waals surface area contributed by atoms with Crippen molar-refractivity contribution < 1.29 is 19.4 Å². The lowest BCUT2D eigenvalue weighted by atomic mass is 10.0. The van der Waals surface area contributed by atoms with Crippen LogP contribution in [0.1, 0.15) is 39.5 Å². The van der Waals surface area contributed by atoms with Crippen molar-refractivity contribution in [1.29, 1.82) is 0 Å². The summed E-state index contributed by atoms with van der Waals surface area (Å²) in [7, 11) is 0. The van der Waals surface area contributed by atoms with E-state index in [4.69, 9.17) is 9.84 Å². The molecule has 25 heavy (non-hydrogen) atoms. The second-order valence-electron chi connectivity index (χ2n) is 6.17. The van der Waals surface area contributed by atoms with Gasteiger partial charge in [0.2, 0.25) is 0 Å². The van der Waals surface area contributed by atoms with E-state index in [-0.39, 0.29) is 12.5 Å². The Morgan fingerprint density at radius 1 is 1.08 bits per heavy atom. The van der Waals surface area contributed by atoms with E-state index in [1.165, 1.54) is 6.92 Å². The maximum Gasteiger partial charge on any atom is 0.338 e. The number of carbonyl (C=O) groups is 2. The van der Waals surface area contributed by atoms with Crippen LogP contribution < -0.4 is 5.32 Å². The summed E-state index contributed by atoms with van der Waals surface area (Å²) in [6.07, 6.45) is -0.926. The Labute approximate surface area is 147 Å². The highest BCUT2D eigenvalue weighted by Gasteiger charge is 2.20. The van der Waals surface area contributed by atoms with Crippen molar-refractivity contribution in [3.8, 4) is 0 Å². The minimum absolute atomic E-state index is 0.0939. The number of ether oxygens (including phenoxy) is 1. The molecular formula is C20H23NO4. The van der Waals surface area contributed by atoms with Gasteiger partial charge in [-0.3, -0.25) is 4.79 Å². The van der Waals surface area contributed by atoms with E-state index in [9.17, 15) is 9.59 Å². The Kier molecular flexibility index (Phi) is 5.93. The van der Waals surface area contributed by atoms with Crippen LogP contribution in [0.2, 0.25) is 0 Å². The summed E-state index contributed by atoms with van der Waals surface area (Å²) < 4.78 is 5.23. The number of aliphatic hydroxyl groups is 1. The van der Waals surface area contributed by atoms with Gasteiger partial charge in [-0.25, -0.2) is 4.79 Å². The third kappa shape index (κ3) is 4.67. The maximum atomic E-state index is 12.3. The first-order valence-electron chi connectivity index (χ1n) is 8.11. The van der Waals surface area contributed by atoms with Crippen LogP contribution in [-0.2, 0) is 16.1 Å². The summed E-state index contributed by atoms with van der Waals surface area (Å²) >= 11 is 0. The highest BCUT2D eigenvalue weighted by molar-refractivity contribution is 5.98. The van der Waals surface area contributed by atoms with E-state index >= 15 is 0 Å². The number of amides is 1. The Balaban J connectivity index is 2.03. The monoisotopic (exact) mass is 341 g/mol. The number of aryl methyl sites for hydroxylation is 3. The Hall–Kier alpha value is -2.66. The molecule has 1 atom stereocenters. The van der Waals surface area contributed by atoms with Crippen LogP contribution in [0.5, 0.6) is 0 Å². The van der Waals surface area contributed by atoms with Crippen molar-refractivity contribution >= 4 is 17.6 Å². The summed E-state index contributed by atoms with van der Waals surface area (Å²) in [5.41, 5.74) is 4.82. The van der Waals surface area contributed by atoms with Gasteiger partial charge in [-0.05, 0) is 56.5 Å². The molecule has 5 nitrogen and oxygen atoms in total. The quantitative estimate of drug-likeness (QED) is 0.818. The molecule has 0 aliphatic heterocycles. The number of anilines is 1. The zero-order chi connectivity index (χ0) is 18.6. The lowest BCUT2D eigenvalue weighted by molar-refractivity contribution is -0.123. The molecule has 0 unspecified atom stereocenters. The largest absolute Gasteiger partial charge is 0.449 e. The SMILES string of the molecule is Cc1cc(C)c(NC(=O)[C@H](C)OC(=O)c2ccc(CO)cc2)c(C)c1. The van der Waals surface area contributed by atoms with E-state index in [1.807, 2.05) is 32.9 Å². The van der Waals surface area contributed by atoms with Gasteiger partial charge in [0, 0.05) is 5.69 Å². The van der Waals surface area contributed by atoms with Crippen LogP contribution in [0.4, 0.5) is 5.69 Å². The minimum atomic E-state index is -0.926. The Morgan fingerprint density at radius 2 is 1.64 bits per heavy atom. The average Bonchev–Trinajstić information content (AvgIpc) is 2.57. The molecule has 2 aromatic rings. The Bertz CT molecular complexity index is 758. The molecule has 0 spiro atoms. The van der Waals surface area contributed by atoms with Gasteiger partial charge in [-0.2, -0.15) is 0 Å². The van der Waals surface area contributed by atoms with Crippen LogP contribution in [0, 0.1) is 20.8 Å². The molecular weight excluding hydrogens is 318 g/mol. The minimum Gasteiger partial charge on any atom is -0.449 e. The van der Waals surface area contributed by atoms with Crippen LogP contribution >= 0.6 is 0 Å². The van der Waals surface area contributed by atoms with Gasteiger partial charge in [0.05, 0.1) is 12.2 Å². The lowest BCUT2D eigenvalue weighted by Gasteiger charge is -2.17. The summed E-state index contributed by atoms with van der Waals surface area (Å²) in [4.78, 5) is 24.5. The van der Waals surface area contributed by atoms with Crippen molar-refractivity contribution in [2.75, 3.05) is 5.32 Å². The number of hydrogen-bond donors (Lipinski definition) is 2. The topological polar surface area (TPSA) is 75.6 Å². The second kappa shape index (κ2) is 7.94. The fourth-order valence-electron chi connectivity index (χ4n) is 2.63. The van der Waals surface area contributed by atoms with Gasteiger partial charge in [-0.1, -0.05) is 29.8 Å². The van der Waals surface area contributed by atoms with Gasteiger partial charge in [-0.15, -0.1) is 0 Å². The van der Waals surface area contributed by atoms with Gasteiger partial charge in [0.25, 0.3) is 5.91 Å². The molecule has 2 N–H and O–H groups in total. The van der Waals surface area contributed by atoms with Crippen molar-refractivity contribution in [3.05, 3.63) is 64.2 Å². The van der Waals surface area contributed by atoms with Crippen LogP contribution in [-0.4, -0.2) is 23.1 Å². The molecule has 0 radical (unpaired) electrons. The molecule has 0 aromatic heterocycles. The molecule has 1 amide bonds. The standard InChI is InChI=1S/C20H23NO4/c1-12-9-13(2)18(14(3)10-12)21-19(23)15(4)25-20(24)17-7-5-16(11-22)6-8-17/h5-10,15,22H,11H2,1-4H3,(H,21,23)/t15-/m0/s1. The molecule has 0 aliphatic carbocycles. The van der Waals surface area contributed by atoms with E-state index in [0.29, 0.717) is 11.1 Å². The summed E-state index contributed by atoms with van der Waals surface area (Å²) in [6, 6.07) is 10.4. The van der Waals surface area contributed by atoms with Crippen LogP contribution in [0.25, 0.3) is 0 Å². The first-order valence-corrected chi connectivity index (χ1v) is 8.11. The zero-order valence-electron chi connectivity index (χ0n) is 14.9. The smallest absolute Gasteiger partial charge is 0.338 e. The number of esters is 1. The molecule has 5 heteroatoms. The Morgan fingerprint density at radius 3 is 2.16 bits per heavy atom. The molecule has 0 fully saturated rings. The first kappa shape index (κ1) is 18.7. The van der Waals surface area contributed by atoms with Gasteiger partial charge in [0.1, 0.15) is 0 Å². The zero-order valence-corrected chi connectivity index (χ0v) is 14.9. The molecule has 132 valence electrons. The summed E-state index contributed by atoms with van der Waals surface area (Å²) in [5, 5.41) is 11.8. The van der Waals surface area contributed by atoms with Crippen LogP contribution in [0.15, 0.2) is 36.4 Å². The second-order valence-corrected chi connectivity index (χ2v) is 6.17. The summed E-state index contributed by atoms with van der Waals surface area (Å²) in [6.45, 7) is 7.29. The third-order valence-electron chi connectivity index (χ3n) is 3.95. The van der Waals surface area contributed by atoms with Gasteiger partial charge >= 0.3 is 5.97 Å². The normalized spacial score (nSPS) is 11.7. The third-order valence-corrected chi connectivity index (χ3v) is 3.95. The van der Waals surface area contributed by atoms with E-state index < -0.39 is 12.1 Å². The molecule has 2 aromatic carbocycles. The van der Waals surface area contributed by atoms with E-state index in [1.54, 1.807) is 24.3 Å². The van der Waals surface area contributed by atoms with E-state index in [0.717, 1.165) is 22.4 Å². The fourth-order valence-corrected chi connectivity index (χ4v) is 2.63. The maximum absolute atomic E-state index is 12.3. The lowest BCUT2D eigenvalue weighted by Crippen LogP contribution is -2.30. The highest BCUT2D eigenvalue weighted by atomic mass is 16.5. The van der Waals surface area contributed by atoms with E-state index in [2.05, 4.69) is 5.32 Å². The number of rotatable bonds is 5. The number of benzene rings is 2. The predicted molar refractivity (Wildman–Crippen MR) is 96.5 cm³/mol. The number of carbonyl (C=O) groups excluding carboxylic acids is 2. The molecule has 0 saturated heterocycles. The highest BCUT2D eigenvalue weighted by Crippen LogP contribution is 2.22. The van der Waals surface area contributed by atoms with Crippen molar-refractivity contribution in [3.63, 3.8) is 0 Å². The average molecular weight is 341 g/mol. The molecule has 0 heterocycles. The van der Waals surface area contributed by atoms with Crippen molar-refractivity contribution in [1.82, 2.24) is 0 Å². The number of hydrogen-bond acceptors (Lipinski definition) is 4. The predicted octanol–water partition coefficient (Wildman–Crippen LogP) is 3.29. The number of nitrogens with one attached hydrogen (secondary N) is 1. The molecule has 0 aliphatic rings. The van der Waals surface area contributed by atoms with Crippen molar-refractivity contribution in [2.45, 2.75) is 40.4 Å². The van der Waals surface area contributed by atoms with Gasteiger partial charge < -0.3 is 15.2 Å². The first-order chi connectivity index (χ1) is 11.8. The molecule has 0 bridgehead atoms. The van der Waals surface area contributed by atoms with Crippen molar-refractivity contribution in [2.24, 2.45) is 0 Å². The fraction of sp³-hybridized carbons (Fsp3) is 0.300. The molecule has 2 rings (SSSR count).